The number of benzene rings is 2. The largest absolute Gasteiger partial charge is 0.352 e. The number of nitrogens with zero attached hydrogens (tertiary/aromatic N) is 4. The Morgan fingerprint density at radius 2 is 2.10 bits per heavy atom. The number of carbonyl (C=O) groups is 1. The van der Waals surface area contributed by atoms with E-state index in [9.17, 15) is 4.79 Å². The number of nitrogens with one attached hydrogen (secondary N) is 3. The second kappa shape index (κ2) is 7.54. The van der Waals surface area contributed by atoms with Gasteiger partial charge in [0.1, 0.15) is 0 Å². The molecule has 8 heteroatoms. The summed E-state index contributed by atoms with van der Waals surface area (Å²) in [5.74, 6) is 1.78. The van der Waals surface area contributed by atoms with Crippen LogP contribution in [-0.2, 0) is 7.05 Å². The van der Waals surface area contributed by atoms with Gasteiger partial charge in [-0.15, -0.1) is 5.10 Å². The van der Waals surface area contributed by atoms with E-state index in [1.54, 1.807) is 4.68 Å². The Morgan fingerprint density at radius 3 is 2.84 bits per heavy atom. The van der Waals surface area contributed by atoms with E-state index in [0.717, 1.165) is 27.7 Å². The Kier molecular flexibility index (Phi) is 4.69. The summed E-state index contributed by atoms with van der Waals surface area (Å²) in [6, 6.07) is 9.79. The number of anilines is 2. The highest BCUT2D eigenvalue weighted by Gasteiger charge is 2.29. The quantitative estimate of drug-likeness (QED) is 0.441. The van der Waals surface area contributed by atoms with Crippen molar-refractivity contribution in [3.63, 3.8) is 0 Å². The van der Waals surface area contributed by atoms with Crippen molar-refractivity contribution in [2.75, 3.05) is 11.9 Å². The standard InChI is InChI=1S/C23H25N7O/c1-4-24-22(31)16-8-7-15(11-13(16)2)21-27-23(30(3)29-21)26-19-10-9-18-17(12-25-28-18)20(19)14-5-6-14/h7-12,14H,4-6H2,1-3H3,(H,24,31)(H,25,28)(H,26,27,29). The Morgan fingerprint density at radius 1 is 1.26 bits per heavy atom. The minimum Gasteiger partial charge on any atom is -0.352 e. The first-order valence-corrected chi connectivity index (χ1v) is 10.6. The van der Waals surface area contributed by atoms with Crippen molar-refractivity contribution in [3.05, 3.63) is 53.2 Å². The van der Waals surface area contributed by atoms with Gasteiger partial charge >= 0.3 is 0 Å². The van der Waals surface area contributed by atoms with Gasteiger partial charge in [0.15, 0.2) is 5.82 Å². The van der Waals surface area contributed by atoms with Crippen LogP contribution in [0.5, 0.6) is 0 Å². The van der Waals surface area contributed by atoms with Gasteiger partial charge < -0.3 is 10.6 Å². The molecule has 0 unspecified atom stereocenters. The summed E-state index contributed by atoms with van der Waals surface area (Å²) >= 11 is 0. The van der Waals surface area contributed by atoms with Crippen molar-refractivity contribution in [2.45, 2.75) is 32.6 Å². The van der Waals surface area contributed by atoms with Crippen LogP contribution in [0.25, 0.3) is 22.3 Å². The summed E-state index contributed by atoms with van der Waals surface area (Å²) < 4.78 is 1.75. The van der Waals surface area contributed by atoms with Crippen molar-refractivity contribution in [1.29, 1.82) is 0 Å². The fraction of sp³-hybridized carbons (Fsp3) is 0.304. The number of aromatic amines is 1. The van der Waals surface area contributed by atoms with Crippen LogP contribution in [0.3, 0.4) is 0 Å². The second-order valence-corrected chi connectivity index (χ2v) is 8.03. The number of fused-ring (bicyclic) bond motifs is 1. The number of hydrogen-bond acceptors (Lipinski definition) is 5. The predicted octanol–water partition coefficient (Wildman–Crippen LogP) is 4.04. The minimum atomic E-state index is -0.0647. The van der Waals surface area contributed by atoms with Gasteiger partial charge in [-0.05, 0) is 68.0 Å². The van der Waals surface area contributed by atoms with E-state index < -0.39 is 0 Å². The number of aryl methyl sites for hydroxylation is 2. The number of carbonyl (C=O) groups excluding carboxylic acids is 1. The van der Waals surface area contributed by atoms with Gasteiger partial charge in [-0.2, -0.15) is 10.1 Å². The third-order valence-corrected chi connectivity index (χ3v) is 5.73. The van der Waals surface area contributed by atoms with E-state index in [1.165, 1.54) is 18.4 Å². The highest BCUT2D eigenvalue weighted by molar-refractivity contribution is 5.96. The highest BCUT2D eigenvalue weighted by atomic mass is 16.1. The first-order chi connectivity index (χ1) is 15.0. The van der Waals surface area contributed by atoms with Crippen LogP contribution >= 0.6 is 0 Å². The van der Waals surface area contributed by atoms with Crippen LogP contribution in [0.1, 0.15) is 47.2 Å². The molecule has 1 aliphatic rings. The molecule has 0 bridgehead atoms. The molecule has 0 saturated heterocycles. The first-order valence-electron chi connectivity index (χ1n) is 10.6. The first kappa shape index (κ1) is 19.3. The van der Waals surface area contributed by atoms with E-state index in [2.05, 4.69) is 32.0 Å². The Bertz CT molecular complexity index is 1280. The van der Waals surface area contributed by atoms with Crippen molar-refractivity contribution >= 4 is 28.4 Å². The van der Waals surface area contributed by atoms with E-state index in [1.807, 2.05) is 51.4 Å². The third-order valence-electron chi connectivity index (χ3n) is 5.73. The molecule has 1 fully saturated rings. The van der Waals surface area contributed by atoms with Crippen LogP contribution in [0.2, 0.25) is 0 Å². The van der Waals surface area contributed by atoms with E-state index in [4.69, 9.17) is 4.98 Å². The fourth-order valence-electron chi connectivity index (χ4n) is 4.01. The minimum absolute atomic E-state index is 0.0647. The van der Waals surface area contributed by atoms with Crippen molar-refractivity contribution < 1.29 is 4.79 Å². The lowest BCUT2D eigenvalue weighted by Gasteiger charge is -2.11. The molecule has 0 spiro atoms. The topological polar surface area (TPSA) is 101 Å². The van der Waals surface area contributed by atoms with Gasteiger partial charge in [0.25, 0.3) is 5.91 Å². The molecule has 8 nitrogen and oxygen atoms in total. The zero-order valence-electron chi connectivity index (χ0n) is 17.9. The molecule has 4 aromatic rings. The van der Waals surface area contributed by atoms with Crippen molar-refractivity contribution in [2.24, 2.45) is 7.05 Å². The van der Waals surface area contributed by atoms with Crippen LogP contribution in [0.4, 0.5) is 11.6 Å². The molecule has 3 N–H and O–H groups in total. The molecule has 5 rings (SSSR count). The third kappa shape index (κ3) is 3.54. The molecule has 1 amide bonds. The summed E-state index contributed by atoms with van der Waals surface area (Å²) in [5, 5.41) is 19.3. The molecule has 2 aromatic heterocycles. The fourth-order valence-corrected chi connectivity index (χ4v) is 4.01. The monoisotopic (exact) mass is 415 g/mol. The lowest BCUT2D eigenvalue weighted by Crippen LogP contribution is -2.23. The molecule has 31 heavy (non-hydrogen) atoms. The van der Waals surface area contributed by atoms with E-state index >= 15 is 0 Å². The lowest BCUT2D eigenvalue weighted by molar-refractivity contribution is 0.0955. The summed E-state index contributed by atoms with van der Waals surface area (Å²) in [6.45, 7) is 4.44. The molecule has 1 saturated carbocycles. The van der Waals surface area contributed by atoms with Crippen LogP contribution in [-0.4, -0.2) is 37.4 Å². The molecule has 0 aliphatic heterocycles. The zero-order valence-corrected chi connectivity index (χ0v) is 17.9. The molecular weight excluding hydrogens is 390 g/mol. The normalized spacial score (nSPS) is 13.5. The van der Waals surface area contributed by atoms with Gasteiger partial charge in [-0.3, -0.25) is 9.89 Å². The average Bonchev–Trinajstić information content (AvgIpc) is 3.36. The predicted molar refractivity (Wildman–Crippen MR) is 121 cm³/mol. The van der Waals surface area contributed by atoms with E-state index in [-0.39, 0.29) is 5.91 Å². The summed E-state index contributed by atoms with van der Waals surface area (Å²) in [5.41, 5.74) is 5.82. The van der Waals surface area contributed by atoms with Gasteiger partial charge in [-0.25, -0.2) is 4.68 Å². The number of aromatic nitrogens is 5. The smallest absolute Gasteiger partial charge is 0.251 e. The SMILES string of the molecule is CCNC(=O)c1ccc(-c2nc(Nc3ccc4[nH]ncc4c3C3CC3)n(C)n2)cc1C. The second-order valence-electron chi connectivity index (χ2n) is 8.03. The molecule has 2 aromatic carbocycles. The Hall–Kier alpha value is -3.68. The van der Waals surface area contributed by atoms with Crippen molar-refractivity contribution in [3.8, 4) is 11.4 Å². The van der Waals surface area contributed by atoms with Crippen molar-refractivity contribution in [1.82, 2.24) is 30.3 Å². The van der Waals surface area contributed by atoms with E-state index in [0.29, 0.717) is 29.8 Å². The maximum atomic E-state index is 12.2. The van der Waals surface area contributed by atoms with Crippen LogP contribution in [0.15, 0.2) is 36.5 Å². The number of H-pyrrole nitrogens is 1. The average molecular weight is 416 g/mol. The lowest BCUT2D eigenvalue weighted by atomic mass is 10.0. The van der Waals surface area contributed by atoms with Gasteiger partial charge in [0.2, 0.25) is 5.95 Å². The highest BCUT2D eigenvalue weighted by Crippen LogP contribution is 2.47. The van der Waals surface area contributed by atoms with Crippen LogP contribution < -0.4 is 10.6 Å². The van der Waals surface area contributed by atoms with Crippen LogP contribution in [0, 0.1) is 6.92 Å². The number of rotatable bonds is 6. The molecular formula is C23H25N7O. The summed E-state index contributed by atoms with van der Waals surface area (Å²) in [4.78, 5) is 16.9. The number of hydrogen-bond donors (Lipinski definition) is 3. The zero-order chi connectivity index (χ0) is 21.5. The summed E-state index contributed by atoms with van der Waals surface area (Å²) in [7, 11) is 1.88. The molecule has 0 radical (unpaired) electrons. The maximum Gasteiger partial charge on any atom is 0.251 e. The Labute approximate surface area is 180 Å². The molecule has 158 valence electrons. The molecule has 0 atom stereocenters. The maximum absolute atomic E-state index is 12.2. The molecule has 1 aliphatic carbocycles. The van der Waals surface area contributed by atoms with Gasteiger partial charge in [0.05, 0.1) is 11.7 Å². The summed E-state index contributed by atoms with van der Waals surface area (Å²) in [6.07, 6.45) is 4.29. The Balaban J connectivity index is 1.46. The van der Waals surface area contributed by atoms with Gasteiger partial charge in [0, 0.05) is 35.8 Å². The molecule has 2 heterocycles. The van der Waals surface area contributed by atoms with Gasteiger partial charge in [-0.1, -0.05) is 6.07 Å². The number of amides is 1.